The number of rotatable bonds is 21. The minimum Gasteiger partial charge on any atom is -0.508 e. The molecule has 0 aliphatic heterocycles. The van der Waals surface area contributed by atoms with Crippen LogP contribution in [0.5, 0.6) is 5.75 Å². The molecule has 8 atom stereocenters. The van der Waals surface area contributed by atoms with E-state index in [1.165, 1.54) is 32.9 Å². The number of aliphatic hydroxyl groups excluding tert-OH is 2. The summed E-state index contributed by atoms with van der Waals surface area (Å²) in [6, 6.07) is 5.19. The van der Waals surface area contributed by atoms with Crippen LogP contribution < -0.4 is 37.6 Å². The fourth-order valence-corrected chi connectivity index (χ4v) is 5.91. The van der Waals surface area contributed by atoms with Crippen molar-refractivity contribution >= 4 is 52.3 Å². The fraction of sp³-hybridized carbons (Fsp3) is 0.462. The SMILES string of the molecule is CC(C)C[C@H](NC(=O)CNC(=O)[C@@H](NC(=O)[C@@H](NC(=O)[C@H](C)NC(=O)[C@H](Cc1c[nH]c2ccccc12)NC(=O)[C@@H](N)Cc1ccc(O)cc1)[C@@H](C)O)[C@@H](C)O)C(=O)O. The molecule has 1 aromatic heterocycles. The molecule has 3 aromatic rings. The topological polar surface area (TPSA) is 314 Å². The van der Waals surface area contributed by atoms with Crippen LogP contribution in [0.15, 0.2) is 54.7 Å². The molecule has 0 fully saturated rings. The third-order valence-corrected chi connectivity index (χ3v) is 9.10. The van der Waals surface area contributed by atoms with Gasteiger partial charge in [0.25, 0.3) is 0 Å². The maximum Gasteiger partial charge on any atom is 0.326 e. The number of hydrogen-bond donors (Lipinski definition) is 12. The van der Waals surface area contributed by atoms with Crippen LogP contribution in [-0.4, -0.2) is 122 Å². The Morgan fingerprint density at radius 3 is 1.90 bits per heavy atom. The first-order valence-electron chi connectivity index (χ1n) is 18.7. The number of aromatic nitrogens is 1. The Labute approximate surface area is 334 Å². The van der Waals surface area contributed by atoms with Crippen LogP contribution in [0.1, 0.15) is 52.2 Å². The van der Waals surface area contributed by atoms with Gasteiger partial charge < -0.3 is 63.0 Å². The molecule has 0 unspecified atom stereocenters. The maximum atomic E-state index is 13.7. The lowest BCUT2D eigenvalue weighted by Gasteiger charge is -2.27. The van der Waals surface area contributed by atoms with Crippen LogP contribution in [-0.2, 0) is 46.4 Å². The van der Waals surface area contributed by atoms with Gasteiger partial charge >= 0.3 is 5.97 Å². The molecule has 13 N–H and O–H groups in total. The van der Waals surface area contributed by atoms with Gasteiger partial charge in [-0.15, -0.1) is 0 Å². The molecule has 316 valence electrons. The van der Waals surface area contributed by atoms with Crippen molar-refractivity contribution in [3.63, 3.8) is 0 Å². The van der Waals surface area contributed by atoms with E-state index in [1.54, 1.807) is 32.2 Å². The molecular formula is C39H54N8O11. The fourth-order valence-electron chi connectivity index (χ4n) is 5.91. The number of para-hydroxylation sites is 1. The highest BCUT2D eigenvalue weighted by atomic mass is 16.4. The summed E-state index contributed by atoms with van der Waals surface area (Å²) in [6.07, 6.45) is -1.17. The van der Waals surface area contributed by atoms with Crippen molar-refractivity contribution < 1.29 is 54.0 Å². The molecule has 0 saturated carbocycles. The van der Waals surface area contributed by atoms with Gasteiger partial charge in [-0.1, -0.05) is 44.2 Å². The van der Waals surface area contributed by atoms with Gasteiger partial charge in [0, 0.05) is 23.5 Å². The van der Waals surface area contributed by atoms with E-state index in [9.17, 15) is 54.0 Å². The number of phenols is 1. The lowest BCUT2D eigenvalue weighted by Crippen LogP contribution is -2.62. The second-order valence-electron chi connectivity index (χ2n) is 14.6. The lowest BCUT2D eigenvalue weighted by atomic mass is 10.0. The van der Waals surface area contributed by atoms with Gasteiger partial charge in [-0.25, -0.2) is 4.79 Å². The highest BCUT2D eigenvalue weighted by Gasteiger charge is 2.34. The number of nitrogens with one attached hydrogen (secondary N) is 7. The summed E-state index contributed by atoms with van der Waals surface area (Å²) in [4.78, 5) is 93.5. The number of nitrogens with two attached hydrogens (primary N) is 1. The second-order valence-corrected chi connectivity index (χ2v) is 14.6. The monoisotopic (exact) mass is 810 g/mol. The third-order valence-electron chi connectivity index (χ3n) is 9.10. The van der Waals surface area contributed by atoms with E-state index in [0.29, 0.717) is 11.1 Å². The molecule has 0 bridgehead atoms. The van der Waals surface area contributed by atoms with Crippen LogP contribution in [0.3, 0.4) is 0 Å². The van der Waals surface area contributed by atoms with Gasteiger partial charge in [0.15, 0.2) is 0 Å². The number of carboxylic acid groups (broad SMARTS) is 1. The molecule has 0 spiro atoms. The summed E-state index contributed by atoms with van der Waals surface area (Å²) in [5.74, 6) is -6.59. The Morgan fingerprint density at radius 1 is 0.690 bits per heavy atom. The zero-order valence-corrected chi connectivity index (χ0v) is 32.9. The Balaban J connectivity index is 1.68. The molecule has 0 aliphatic carbocycles. The zero-order valence-electron chi connectivity index (χ0n) is 32.9. The molecule has 2 aromatic carbocycles. The van der Waals surface area contributed by atoms with Crippen LogP contribution >= 0.6 is 0 Å². The van der Waals surface area contributed by atoms with E-state index in [4.69, 9.17) is 5.73 Å². The summed E-state index contributed by atoms with van der Waals surface area (Å²) in [6.45, 7) is 6.51. The Hall–Kier alpha value is -6.05. The molecule has 0 saturated heterocycles. The Bertz CT molecular complexity index is 1910. The van der Waals surface area contributed by atoms with Crippen molar-refractivity contribution in [1.29, 1.82) is 0 Å². The molecular weight excluding hydrogens is 756 g/mol. The molecule has 19 heteroatoms. The molecule has 0 aliphatic rings. The van der Waals surface area contributed by atoms with E-state index in [-0.39, 0.29) is 30.9 Å². The summed E-state index contributed by atoms with van der Waals surface area (Å²) in [5, 5.41) is 54.7. The zero-order chi connectivity index (χ0) is 43.3. The van der Waals surface area contributed by atoms with Crippen molar-refractivity contribution in [2.45, 2.75) is 102 Å². The van der Waals surface area contributed by atoms with E-state index >= 15 is 0 Å². The van der Waals surface area contributed by atoms with Gasteiger partial charge in [0.2, 0.25) is 35.4 Å². The number of aromatic amines is 1. The Morgan fingerprint density at radius 2 is 1.29 bits per heavy atom. The average Bonchev–Trinajstić information content (AvgIpc) is 3.57. The Kier molecular flexibility index (Phi) is 17.1. The number of hydrogen-bond acceptors (Lipinski definition) is 11. The first-order valence-corrected chi connectivity index (χ1v) is 18.7. The van der Waals surface area contributed by atoms with Crippen LogP contribution in [0.2, 0.25) is 0 Å². The van der Waals surface area contributed by atoms with E-state index in [2.05, 4.69) is 36.9 Å². The van der Waals surface area contributed by atoms with Gasteiger partial charge in [0.1, 0.15) is 36.0 Å². The predicted octanol–water partition coefficient (Wildman–Crippen LogP) is -1.56. The van der Waals surface area contributed by atoms with E-state index in [1.807, 2.05) is 24.3 Å². The van der Waals surface area contributed by atoms with E-state index < -0.39 is 96.4 Å². The number of carbonyl (C=O) groups is 7. The van der Waals surface area contributed by atoms with E-state index in [0.717, 1.165) is 10.9 Å². The predicted molar refractivity (Wildman–Crippen MR) is 211 cm³/mol. The van der Waals surface area contributed by atoms with Crippen molar-refractivity contribution in [2.24, 2.45) is 11.7 Å². The molecule has 6 amide bonds. The third kappa shape index (κ3) is 13.9. The number of aromatic hydroxyl groups is 1. The van der Waals surface area contributed by atoms with Gasteiger partial charge in [-0.05, 0) is 68.9 Å². The number of phenolic OH excluding ortho intramolecular Hbond substituents is 1. The summed E-state index contributed by atoms with van der Waals surface area (Å²) < 4.78 is 0. The summed E-state index contributed by atoms with van der Waals surface area (Å²) in [7, 11) is 0. The van der Waals surface area contributed by atoms with Crippen molar-refractivity contribution in [3.8, 4) is 5.75 Å². The first-order chi connectivity index (χ1) is 27.3. The number of carbonyl (C=O) groups excluding carboxylic acids is 6. The molecule has 19 nitrogen and oxygen atoms in total. The number of aliphatic hydroxyl groups is 2. The molecule has 0 radical (unpaired) electrons. The quantitative estimate of drug-likeness (QED) is 0.0582. The number of carboxylic acids is 1. The maximum absolute atomic E-state index is 13.7. The van der Waals surface area contributed by atoms with Crippen LogP contribution in [0, 0.1) is 5.92 Å². The highest BCUT2D eigenvalue weighted by molar-refractivity contribution is 5.97. The largest absolute Gasteiger partial charge is 0.508 e. The van der Waals surface area contributed by atoms with Gasteiger partial charge in [-0.2, -0.15) is 0 Å². The normalized spacial score (nSPS) is 15.4. The molecule has 1 heterocycles. The smallest absolute Gasteiger partial charge is 0.326 e. The standard InChI is InChI=1S/C39H54N8O11/c1-19(2)14-30(39(57)58)44-31(51)18-42-37(55)32(21(4)48)47-38(56)33(22(5)49)46-34(52)20(3)43-36(54)29(16-24-17-41-28-9-7-6-8-26(24)28)45-35(53)27(40)15-23-10-12-25(50)13-11-23/h6-13,17,19-22,27,29-30,32-33,41,48-50H,14-16,18,40H2,1-5H3,(H,42,55)(H,43,54)(H,44,51)(H,45,53)(H,46,52)(H,47,56)(H,57,58)/t20-,21+,22+,27-,29-,30-,32-,33-/m0/s1. The number of amides is 6. The first kappa shape index (κ1) is 46.3. The molecule has 58 heavy (non-hydrogen) atoms. The van der Waals surface area contributed by atoms with Crippen LogP contribution in [0.4, 0.5) is 0 Å². The van der Waals surface area contributed by atoms with Crippen molar-refractivity contribution in [3.05, 3.63) is 65.9 Å². The summed E-state index contributed by atoms with van der Waals surface area (Å²) in [5.41, 5.74) is 8.32. The van der Waals surface area contributed by atoms with Crippen LogP contribution in [0.25, 0.3) is 10.9 Å². The van der Waals surface area contributed by atoms with Gasteiger partial charge in [0.05, 0.1) is 24.8 Å². The van der Waals surface area contributed by atoms with Crippen molar-refractivity contribution in [1.82, 2.24) is 36.9 Å². The average molecular weight is 811 g/mol. The highest BCUT2D eigenvalue weighted by Crippen LogP contribution is 2.19. The minimum atomic E-state index is -1.70. The van der Waals surface area contributed by atoms with Gasteiger partial charge in [-0.3, -0.25) is 28.8 Å². The lowest BCUT2D eigenvalue weighted by molar-refractivity contribution is -0.142. The molecule has 3 rings (SSSR count). The number of aliphatic carboxylic acids is 1. The number of H-pyrrole nitrogens is 1. The summed E-state index contributed by atoms with van der Waals surface area (Å²) >= 11 is 0. The number of fused-ring (bicyclic) bond motifs is 1. The second kappa shape index (κ2) is 21.5. The number of benzene rings is 2. The van der Waals surface area contributed by atoms with Crippen molar-refractivity contribution in [2.75, 3.05) is 6.54 Å². The minimum absolute atomic E-state index is 0.0108.